The van der Waals surface area contributed by atoms with Crippen molar-refractivity contribution in [3.8, 4) is 5.75 Å². The minimum absolute atomic E-state index is 0.0840. The van der Waals surface area contributed by atoms with Crippen LogP contribution < -0.4 is 4.74 Å². The smallest absolute Gasteiger partial charge is 0.273 e. The van der Waals surface area contributed by atoms with E-state index in [1.165, 1.54) is 16.8 Å². The van der Waals surface area contributed by atoms with Crippen LogP contribution in [0.25, 0.3) is 10.9 Å². The van der Waals surface area contributed by atoms with Crippen LogP contribution in [0, 0.1) is 0 Å². The molecule has 8 nitrogen and oxygen atoms in total. The Morgan fingerprint density at radius 1 is 0.846 bits per heavy atom. The monoisotopic (exact) mass is 524 g/mol. The van der Waals surface area contributed by atoms with E-state index in [1.54, 1.807) is 6.07 Å². The first-order valence-corrected chi connectivity index (χ1v) is 14.1. The molecular weight excluding hydrogens is 492 g/mol. The molecule has 2 atom stereocenters. The van der Waals surface area contributed by atoms with Crippen LogP contribution >= 0.6 is 0 Å². The topological polar surface area (TPSA) is 83.1 Å². The molecule has 0 radical (unpaired) electrons. The first kappa shape index (κ1) is 24.3. The number of ether oxygens (including phenoxy) is 1. The van der Waals surface area contributed by atoms with Crippen LogP contribution in [0.2, 0.25) is 0 Å². The molecule has 0 spiro atoms. The average Bonchev–Trinajstić information content (AvgIpc) is 3.23. The lowest BCUT2D eigenvalue weighted by Gasteiger charge is -2.48. The highest BCUT2D eigenvalue weighted by Crippen LogP contribution is 2.36. The number of hydrogen-bond acceptors (Lipinski definition) is 6. The number of hydrogen-bond donors (Lipinski definition) is 0. The lowest BCUT2D eigenvalue weighted by atomic mass is 9.85. The number of para-hydroxylation sites is 1. The van der Waals surface area contributed by atoms with Gasteiger partial charge in [0.2, 0.25) is 11.8 Å². The summed E-state index contributed by atoms with van der Waals surface area (Å²) < 4.78 is 6.57. The standard InChI is InChI=1S/C31H32N4O4/c36-29-10-5-11-30(37)35(29)34-19-21-16-23(13-14-24(21)31(34)38)39-28-9-4-3-8-27(28)33-17-22(18-33)26-15-12-20-6-1-2-7-25(20)32-26/h1-2,6-7,12-16,22,27-28H,3-5,8-11,17-19H2/t27-,28+/m0/s1. The fourth-order valence-electron chi connectivity index (χ4n) is 6.61. The molecule has 0 unspecified atom stereocenters. The first-order chi connectivity index (χ1) is 19.0. The Kier molecular flexibility index (Phi) is 6.07. The number of fused-ring (bicyclic) bond motifs is 2. The molecule has 0 N–H and O–H groups in total. The van der Waals surface area contributed by atoms with E-state index in [9.17, 15) is 14.4 Å². The van der Waals surface area contributed by atoms with Gasteiger partial charge in [-0.25, -0.2) is 5.01 Å². The van der Waals surface area contributed by atoms with Gasteiger partial charge in [0, 0.05) is 54.5 Å². The van der Waals surface area contributed by atoms with Crippen molar-refractivity contribution in [3.05, 3.63) is 71.4 Å². The summed E-state index contributed by atoms with van der Waals surface area (Å²) >= 11 is 0. The zero-order valence-corrected chi connectivity index (χ0v) is 21.9. The molecule has 200 valence electrons. The molecule has 3 fully saturated rings. The van der Waals surface area contributed by atoms with Crippen LogP contribution in [-0.4, -0.2) is 62.9 Å². The number of imide groups is 1. The van der Waals surface area contributed by atoms with Gasteiger partial charge in [-0.05, 0) is 61.6 Å². The molecule has 3 aromatic rings. The molecule has 3 amide bonds. The second-order valence-corrected chi connectivity index (χ2v) is 11.2. The maximum Gasteiger partial charge on any atom is 0.273 e. The number of aromatic nitrogens is 1. The summed E-state index contributed by atoms with van der Waals surface area (Å²) in [6.07, 6.45) is 5.65. The molecule has 8 heteroatoms. The number of likely N-dealkylation sites (tertiary alicyclic amines) is 1. The van der Waals surface area contributed by atoms with Crippen molar-refractivity contribution in [2.24, 2.45) is 0 Å². The van der Waals surface area contributed by atoms with E-state index in [0.29, 0.717) is 23.9 Å². The van der Waals surface area contributed by atoms with Gasteiger partial charge in [0.25, 0.3) is 5.91 Å². The molecule has 2 aromatic carbocycles. The summed E-state index contributed by atoms with van der Waals surface area (Å²) in [5.41, 5.74) is 3.54. The number of piperidine rings is 1. The number of carbonyl (C=O) groups excluding carboxylic acids is 3. The van der Waals surface area contributed by atoms with E-state index in [1.807, 2.05) is 24.3 Å². The first-order valence-electron chi connectivity index (χ1n) is 14.1. The van der Waals surface area contributed by atoms with Gasteiger partial charge in [-0.3, -0.25) is 24.3 Å². The van der Waals surface area contributed by atoms with E-state index in [0.717, 1.165) is 59.9 Å². The number of pyridine rings is 1. The molecule has 39 heavy (non-hydrogen) atoms. The summed E-state index contributed by atoms with van der Waals surface area (Å²) in [5.74, 6) is 0.269. The Bertz CT molecular complexity index is 1450. The van der Waals surface area contributed by atoms with Crippen molar-refractivity contribution in [2.75, 3.05) is 13.1 Å². The Balaban J connectivity index is 1.03. The van der Waals surface area contributed by atoms with Gasteiger partial charge in [-0.15, -0.1) is 0 Å². The Morgan fingerprint density at radius 2 is 1.64 bits per heavy atom. The summed E-state index contributed by atoms with van der Waals surface area (Å²) in [6, 6.07) is 18.5. The van der Waals surface area contributed by atoms with Crippen molar-refractivity contribution >= 4 is 28.6 Å². The van der Waals surface area contributed by atoms with E-state index < -0.39 is 0 Å². The van der Waals surface area contributed by atoms with Gasteiger partial charge in [-0.1, -0.05) is 30.7 Å². The number of rotatable bonds is 5. The van der Waals surface area contributed by atoms with Gasteiger partial charge in [0.15, 0.2) is 0 Å². The molecule has 4 heterocycles. The number of amides is 3. The molecule has 2 saturated heterocycles. The van der Waals surface area contributed by atoms with Gasteiger partial charge in [0.1, 0.15) is 11.9 Å². The predicted octanol–water partition coefficient (Wildman–Crippen LogP) is 4.43. The number of nitrogens with zero attached hydrogens (tertiary/aromatic N) is 4. The third kappa shape index (κ3) is 4.36. The van der Waals surface area contributed by atoms with Crippen LogP contribution in [-0.2, 0) is 16.1 Å². The molecular formula is C31H32N4O4. The number of hydrazine groups is 1. The molecule has 7 rings (SSSR count). The summed E-state index contributed by atoms with van der Waals surface area (Å²) in [6.45, 7) is 2.19. The minimum atomic E-state index is -0.305. The molecule has 1 aromatic heterocycles. The maximum atomic E-state index is 13.0. The van der Waals surface area contributed by atoms with Crippen molar-refractivity contribution < 1.29 is 19.1 Å². The fourth-order valence-corrected chi connectivity index (χ4v) is 6.61. The second-order valence-electron chi connectivity index (χ2n) is 11.2. The van der Waals surface area contributed by atoms with Gasteiger partial charge >= 0.3 is 0 Å². The van der Waals surface area contributed by atoms with E-state index >= 15 is 0 Å². The molecule has 0 bridgehead atoms. The summed E-state index contributed by atoms with van der Waals surface area (Å²) in [4.78, 5) is 45.3. The predicted molar refractivity (Wildman–Crippen MR) is 145 cm³/mol. The van der Waals surface area contributed by atoms with Gasteiger partial charge < -0.3 is 4.74 Å². The van der Waals surface area contributed by atoms with E-state index in [4.69, 9.17) is 9.72 Å². The third-order valence-corrected chi connectivity index (χ3v) is 8.73. The number of carbonyl (C=O) groups is 3. The van der Waals surface area contributed by atoms with E-state index in [2.05, 4.69) is 29.2 Å². The van der Waals surface area contributed by atoms with Gasteiger partial charge in [0.05, 0.1) is 12.1 Å². The molecule has 1 aliphatic carbocycles. The van der Waals surface area contributed by atoms with Gasteiger partial charge in [-0.2, -0.15) is 5.01 Å². The van der Waals surface area contributed by atoms with Crippen LogP contribution in [0.15, 0.2) is 54.6 Å². The van der Waals surface area contributed by atoms with Crippen molar-refractivity contribution in [2.45, 2.75) is 69.6 Å². The summed E-state index contributed by atoms with van der Waals surface area (Å²) in [5, 5.41) is 3.52. The highest BCUT2D eigenvalue weighted by molar-refractivity contribution is 6.04. The van der Waals surface area contributed by atoms with Crippen LogP contribution in [0.4, 0.5) is 0 Å². The average molecular weight is 525 g/mol. The summed E-state index contributed by atoms with van der Waals surface area (Å²) in [7, 11) is 0. The quantitative estimate of drug-likeness (QED) is 0.459. The highest BCUT2D eigenvalue weighted by atomic mass is 16.5. The van der Waals surface area contributed by atoms with Crippen molar-refractivity contribution in [1.29, 1.82) is 0 Å². The van der Waals surface area contributed by atoms with Crippen LogP contribution in [0.5, 0.6) is 5.75 Å². The van der Waals surface area contributed by atoms with Crippen LogP contribution in [0.1, 0.15) is 72.5 Å². The van der Waals surface area contributed by atoms with E-state index in [-0.39, 0.29) is 43.2 Å². The largest absolute Gasteiger partial charge is 0.489 e. The maximum absolute atomic E-state index is 13.0. The SMILES string of the molecule is O=C1c2ccc(O[C@@H]3CCCC[C@@H]3N3CC(c4ccc5ccccc5n4)C3)cc2CN1N1C(=O)CCCC1=O. The molecule has 1 saturated carbocycles. The number of benzene rings is 2. The Hall–Kier alpha value is -3.78. The second kappa shape index (κ2) is 9.75. The Morgan fingerprint density at radius 3 is 2.49 bits per heavy atom. The zero-order chi connectivity index (χ0) is 26.5. The van der Waals surface area contributed by atoms with Crippen LogP contribution in [0.3, 0.4) is 0 Å². The van der Waals surface area contributed by atoms with Crippen molar-refractivity contribution in [3.63, 3.8) is 0 Å². The molecule has 4 aliphatic rings. The highest BCUT2D eigenvalue weighted by Gasteiger charge is 2.41. The van der Waals surface area contributed by atoms with Crippen molar-refractivity contribution in [1.82, 2.24) is 19.9 Å². The zero-order valence-electron chi connectivity index (χ0n) is 21.9. The Labute approximate surface area is 227 Å². The molecule has 3 aliphatic heterocycles. The fraction of sp³-hybridized carbons (Fsp3) is 0.419. The normalized spacial score (nSPS) is 24.3. The minimum Gasteiger partial charge on any atom is -0.489 e. The third-order valence-electron chi connectivity index (χ3n) is 8.73. The lowest BCUT2D eigenvalue weighted by Crippen LogP contribution is -2.57. The lowest BCUT2D eigenvalue weighted by molar-refractivity contribution is -0.163.